The molecular weight excluding hydrogens is 456 g/mol. The number of para-hydroxylation sites is 1. The first kappa shape index (κ1) is 22.9. The van der Waals surface area contributed by atoms with Crippen LogP contribution in [0.2, 0.25) is 5.02 Å². The minimum atomic E-state index is -0.386. The normalized spacial score (nSPS) is 11.7. The highest BCUT2D eigenvalue weighted by Gasteiger charge is 2.21. The number of nitrogens with one attached hydrogen (secondary N) is 1. The SMILES string of the molecule is Cc1ccc(NC(=O)[C@@H](C)Sc2nnc(COc3ccc(Cl)cc3)n2-c2ccccc2)cc1. The summed E-state index contributed by atoms with van der Waals surface area (Å²) in [7, 11) is 0. The minimum absolute atomic E-state index is 0.106. The molecule has 4 aromatic rings. The van der Waals surface area contributed by atoms with Gasteiger partial charge in [0.25, 0.3) is 0 Å². The Kier molecular flexibility index (Phi) is 7.32. The van der Waals surface area contributed by atoms with E-state index in [9.17, 15) is 4.79 Å². The molecule has 1 heterocycles. The third kappa shape index (κ3) is 5.94. The molecule has 1 N–H and O–H groups in total. The standard InChI is InChI=1S/C25H23ClN4O2S/c1-17-8-12-20(13-9-17)27-24(31)18(2)33-25-29-28-23(30(25)21-6-4-3-5-7-21)16-32-22-14-10-19(26)11-15-22/h3-15,18H,16H2,1-2H3,(H,27,31)/t18-/m1/s1. The predicted octanol–water partition coefficient (Wildman–Crippen LogP) is 5.93. The number of nitrogens with zero attached hydrogens (tertiary/aromatic N) is 3. The van der Waals surface area contributed by atoms with Gasteiger partial charge in [-0.2, -0.15) is 0 Å². The molecule has 0 saturated heterocycles. The molecule has 0 bridgehead atoms. The highest BCUT2D eigenvalue weighted by atomic mass is 35.5. The van der Waals surface area contributed by atoms with Crippen LogP contribution >= 0.6 is 23.4 Å². The quantitative estimate of drug-likeness (QED) is 0.318. The highest BCUT2D eigenvalue weighted by Crippen LogP contribution is 2.27. The Balaban J connectivity index is 1.52. The lowest BCUT2D eigenvalue weighted by Crippen LogP contribution is -2.23. The Labute approximate surface area is 202 Å². The lowest BCUT2D eigenvalue weighted by Gasteiger charge is -2.14. The molecule has 0 spiro atoms. The van der Waals surface area contributed by atoms with Crippen LogP contribution in [0.15, 0.2) is 84.0 Å². The molecule has 1 amide bonds. The van der Waals surface area contributed by atoms with Crippen molar-refractivity contribution in [1.82, 2.24) is 14.8 Å². The predicted molar refractivity (Wildman–Crippen MR) is 132 cm³/mol. The molecule has 0 aliphatic rings. The van der Waals surface area contributed by atoms with E-state index in [4.69, 9.17) is 16.3 Å². The Morgan fingerprint density at radius 3 is 2.42 bits per heavy atom. The smallest absolute Gasteiger partial charge is 0.237 e. The molecule has 8 heteroatoms. The lowest BCUT2D eigenvalue weighted by atomic mass is 10.2. The number of halogens is 1. The van der Waals surface area contributed by atoms with E-state index in [0.717, 1.165) is 16.9 Å². The summed E-state index contributed by atoms with van der Waals surface area (Å²) in [4.78, 5) is 12.8. The number of carbonyl (C=O) groups excluding carboxylic acids is 1. The molecule has 6 nitrogen and oxygen atoms in total. The zero-order valence-corrected chi connectivity index (χ0v) is 19.8. The van der Waals surface area contributed by atoms with Crippen LogP contribution in [-0.4, -0.2) is 25.9 Å². The van der Waals surface area contributed by atoms with Crippen molar-refractivity contribution < 1.29 is 9.53 Å². The van der Waals surface area contributed by atoms with Gasteiger partial charge in [0.15, 0.2) is 11.0 Å². The topological polar surface area (TPSA) is 69.0 Å². The number of hydrogen-bond donors (Lipinski definition) is 1. The maximum Gasteiger partial charge on any atom is 0.237 e. The number of hydrogen-bond acceptors (Lipinski definition) is 5. The van der Waals surface area contributed by atoms with Gasteiger partial charge in [0.05, 0.1) is 5.25 Å². The second-order valence-corrected chi connectivity index (χ2v) is 9.17. The van der Waals surface area contributed by atoms with E-state index in [1.54, 1.807) is 24.3 Å². The van der Waals surface area contributed by atoms with Crippen LogP contribution in [0.1, 0.15) is 18.3 Å². The number of benzene rings is 3. The number of aromatic nitrogens is 3. The first-order valence-electron chi connectivity index (χ1n) is 10.4. The average molecular weight is 479 g/mol. The molecule has 0 saturated carbocycles. The fourth-order valence-corrected chi connectivity index (χ4v) is 4.09. The number of ether oxygens (including phenoxy) is 1. The number of carbonyl (C=O) groups is 1. The summed E-state index contributed by atoms with van der Waals surface area (Å²) in [6, 6.07) is 24.6. The number of amides is 1. The second-order valence-electron chi connectivity index (χ2n) is 7.43. The van der Waals surface area contributed by atoms with Gasteiger partial charge in [0.2, 0.25) is 5.91 Å². The van der Waals surface area contributed by atoms with E-state index >= 15 is 0 Å². The summed E-state index contributed by atoms with van der Waals surface area (Å²) < 4.78 is 7.81. The minimum Gasteiger partial charge on any atom is -0.486 e. The molecular formula is C25H23ClN4O2S. The molecule has 0 fully saturated rings. The first-order valence-corrected chi connectivity index (χ1v) is 11.7. The maximum absolute atomic E-state index is 12.8. The average Bonchev–Trinajstić information content (AvgIpc) is 3.23. The molecule has 4 rings (SSSR count). The highest BCUT2D eigenvalue weighted by molar-refractivity contribution is 8.00. The number of thioether (sulfide) groups is 1. The Morgan fingerprint density at radius 1 is 1.03 bits per heavy atom. The van der Waals surface area contributed by atoms with Crippen LogP contribution in [0.3, 0.4) is 0 Å². The van der Waals surface area contributed by atoms with E-state index in [1.807, 2.05) is 73.0 Å². The third-order valence-electron chi connectivity index (χ3n) is 4.87. The van der Waals surface area contributed by atoms with Crippen LogP contribution in [0, 0.1) is 6.92 Å². The molecule has 3 aromatic carbocycles. The van der Waals surface area contributed by atoms with Crippen molar-refractivity contribution in [3.05, 3.63) is 95.3 Å². The van der Waals surface area contributed by atoms with E-state index in [1.165, 1.54) is 11.8 Å². The third-order valence-corrected chi connectivity index (χ3v) is 6.16. The summed E-state index contributed by atoms with van der Waals surface area (Å²) in [5, 5.41) is 12.5. The fourth-order valence-electron chi connectivity index (χ4n) is 3.08. The van der Waals surface area contributed by atoms with Gasteiger partial charge >= 0.3 is 0 Å². The van der Waals surface area contributed by atoms with Crippen molar-refractivity contribution in [2.24, 2.45) is 0 Å². The molecule has 0 radical (unpaired) electrons. The van der Waals surface area contributed by atoms with Gasteiger partial charge in [-0.1, -0.05) is 59.3 Å². The first-order chi connectivity index (χ1) is 16.0. The van der Waals surface area contributed by atoms with Crippen molar-refractivity contribution in [3.8, 4) is 11.4 Å². The summed E-state index contributed by atoms with van der Waals surface area (Å²) in [5.74, 6) is 1.21. The molecule has 0 aliphatic carbocycles. The lowest BCUT2D eigenvalue weighted by molar-refractivity contribution is -0.115. The maximum atomic E-state index is 12.8. The zero-order chi connectivity index (χ0) is 23.2. The van der Waals surface area contributed by atoms with Gasteiger partial charge in [0.1, 0.15) is 12.4 Å². The number of rotatable bonds is 8. The van der Waals surface area contributed by atoms with Crippen LogP contribution < -0.4 is 10.1 Å². The van der Waals surface area contributed by atoms with Crippen LogP contribution in [-0.2, 0) is 11.4 Å². The van der Waals surface area contributed by atoms with Gasteiger partial charge in [-0.15, -0.1) is 10.2 Å². The molecule has 0 unspecified atom stereocenters. The van der Waals surface area contributed by atoms with Crippen LogP contribution in [0.5, 0.6) is 5.75 Å². The molecule has 1 atom stereocenters. The van der Waals surface area contributed by atoms with E-state index in [0.29, 0.717) is 21.8 Å². The summed E-state index contributed by atoms with van der Waals surface area (Å²) in [6.45, 7) is 4.07. The summed E-state index contributed by atoms with van der Waals surface area (Å²) in [6.07, 6.45) is 0. The largest absolute Gasteiger partial charge is 0.486 e. The van der Waals surface area contributed by atoms with E-state index in [2.05, 4.69) is 15.5 Å². The van der Waals surface area contributed by atoms with Crippen LogP contribution in [0.4, 0.5) is 5.69 Å². The monoisotopic (exact) mass is 478 g/mol. The van der Waals surface area contributed by atoms with Gasteiger partial charge in [-0.3, -0.25) is 9.36 Å². The second kappa shape index (κ2) is 10.6. The van der Waals surface area contributed by atoms with Crippen molar-refractivity contribution >= 4 is 35.0 Å². The van der Waals surface area contributed by atoms with Gasteiger partial charge in [-0.05, 0) is 62.4 Å². The van der Waals surface area contributed by atoms with Crippen LogP contribution in [0.25, 0.3) is 5.69 Å². The van der Waals surface area contributed by atoms with E-state index in [-0.39, 0.29) is 17.8 Å². The van der Waals surface area contributed by atoms with Crippen molar-refractivity contribution in [2.75, 3.05) is 5.32 Å². The molecule has 33 heavy (non-hydrogen) atoms. The fraction of sp³-hybridized carbons (Fsp3) is 0.160. The number of aryl methyl sites for hydroxylation is 1. The Bertz CT molecular complexity index is 1210. The van der Waals surface area contributed by atoms with Gasteiger partial charge in [0, 0.05) is 16.4 Å². The van der Waals surface area contributed by atoms with E-state index < -0.39 is 0 Å². The molecule has 0 aliphatic heterocycles. The summed E-state index contributed by atoms with van der Waals surface area (Å²) in [5.41, 5.74) is 2.80. The zero-order valence-electron chi connectivity index (χ0n) is 18.2. The van der Waals surface area contributed by atoms with Crippen molar-refractivity contribution in [1.29, 1.82) is 0 Å². The summed E-state index contributed by atoms with van der Waals surface area (Å²) >= 11 is 7.30. The van der Waals surface area contributed by atoms with Gasteiger partial charge < -0.3 is 10.1 Å². The van der Waals surface area contributed by atoms with Crippen molar-refractivity contribution in [3.63, 3.8) is 0 Å². The Hall–Kier alpha value is -3.29. The molecule has 1 aromatic heterocycles. The number of anilines is 1. The molecule has 168 valence electrons. The van der Waals surface area contributed by atoms with Crippen molar-refractivity contribution in [2.45, 2.75) is 30.9 Å². The Morgan fingerprint density at radius 2 is 1.73 bits per heavy atom. The van der Waals surface area contributed by atoms with Gasteiger partial charge in [-0.25, -0.2) is 0 Å².